The zero-order chi connectivity index (χ0) is 10.7. The first kappa shape index (κ1) is 10.3. The summed E-state index contributed by atoms with van der Waals surface area (Å²) in [5, 5.41) is 9.07. The van der Waals surface area contributed by atoms with Crippen molar-refractivity contribution in [2.24, 2.45) is 5.92 Å². The molecule has 0 aliphatic carbocycles. The lowest BCUT2D eigenvalue weighted by atomic mass is 10.1. The van der Waals surface area contributed by atoms with Crippen LogP contribution in [0.3, 0.4) is 0 Å². The summed E-state index contributed by atoms with van der Waals surface area (Å²) in [4.78, 5) is 2.31. The van der Waals surface area contributed by atoms with Crippen molar-refractivity contribution >= 4 is 5.69 Å². The third-order valence-corrected chi connectivity index (χ3v) is 2.98. The zero-order valence-electron chi connectivity index (χ0n) is 9.02. The monoisotopic (exact) mass is 207 g/mol. The van der Waals surface area contributed by atoms with E-state index in [2.05, 4.69) is 17.0 Å². The van der Waals surface area contributed by atoms with Gasteiger partial charge in [0.25, 0.3) is 0 Å². The van der Waals surface area contributed by atoms with Crippen LogP contribution in [0.2, 0.25) is 0 Å². The van der Waals surface area contributed by atoms with Gasteiger partial charge in [-0.2, -0.15) is 0 Å². The number of hydrogen-bond acceptors (Lipinski definition) is 3. The Labute approximate surface area is 90.3 Å². The van der Waals surface area contributed by atoms with E-state index in [0.29, 0.717) is 12.5 Å². The van der Waals surface area contributed by atoms with E-state index in [9.17, 15) is 0 Å². The minimum Gasteiger partial charge on any atom is -0.497 e. The number of nitrogens with zero attached hydrogens (tertiary/aromatic N) is 1. The van der Waals surface area contributed by atoms with Crippen molar-refractivity contribution in [3.63, 3.8) is 0 Å². The van der Waals surface area contributed by atoms with Crippen LogP contribution >= 0.6 is 0 Å². The number of anilines is 1. The number of aliphatic hydroxyl groups excluding tert-OH is 1. The second kappa shape index (κ2) is 4.53. The fourth-order valence-corrected chi connectivity index (χ4v) is 2.01. The van der Waals surface area contributed by atoms with Gasteiger partial charge in [-0.1, -0.05) is 0 Å². The third-order valence-electron chi connectivity index (χ3n) is 2.98. The summed E-state index contributed by atoms with van der Waals surface area (Å²) >= 11 is 0. The highest BCUT2D eigenvalue weighted by Gasteiger charge is 2.21. The van der Waals surface area contributed by atoms with Crippen LogP contribution in [0.5, 0.6) is 5.75 Å². The first-order valence-corrected chi connectivity index (χ1v) is 5.33. The average Bonchev–Trinajstić information content (AvgIpc) is 2.78. The molecule has 1 heterocycles. The van der Waals surface area contributed by atoms with Crippen molar-refractivity contribution in [3.8, 4) is 5.75 Å². The minimum absolute atomic E-state index is 0.298. The molecule has 1 atom stereocenters. The van der Waals surface area contributed by atoms with Gasteiger partial charge < -0.3 is 14.7 Å². The van der Waals surface area contributed by atoms with E-state index >= 15 is 0 Å². The third kappa shape index (κ3) is 2.23. The van der Waals surface area contributed by atoms with Gasteiger partial charge in [0.2, 0.25) is 0 Å². The summed E-state index contributed by atoms with van der Waals surface area (Å²) in [6.45, 7) is 2.30. The van der Waals surface area contributed by atoms with Crippen molar-refractivity contribution in [2.75, 3.05) is 31.7 Å². The van der Waals surface area contributed by atoms with E-state index in [1.54, 1.807) is 7.11 Å². The summed E-state index contributed by atoms with van der Waals surface area (Å²) < 4.78 is 5.12. The molecular formula is C12H17NO2. The average molecular weight is 207 g/mol. The van der Waals surface area contributed by atoms with Gasteiger partial charge in [-0.05, 0) is 30.7 Å². The summed E-state index contributed by atoms with van der Waals surface area (Å²) in [5.74, 6) is 1.32. The number of aliphatic hydroxyl groups is 1. The predicted molar refractivity (Wildman–Crippen MR) is 60.4 cm³/mol. The van der Waals surface area contributed by atoms with Crippen molar-refractivity contribution in [1.29, 1.82) is 0 Å². The Bertz CT molecular complexity index is 310. The fourth-order valence-electron chi connectivity index (χ4n) is 2.01. The van der Waals surface area contributed by atoms with Crippen molar-refractivity contribution in [2.45, 2.75) is 6.42 Å². The highest BCUT2D eigenvalue weighted by molar-refractivity contribution is 5.49. The molecule has 1 fully saturated rings. The summed E-state index contributed by atoms with van der Waals surface area (Å²) in [6, 6.07) is 8.08. The van der Waals surface area contributed by atoms with Gasteiger partial charge in [-0.3, -0.25) is 0 Å². The van der Waals surface area contributed by atoms with Gasteiger partial charge >= 0.3 is 0 Å². The molecule has 0 bridgehead atoms. The number of methoxy groups -OCH3 is 1. The Morgan fingerprint density at radius 1 is 1.40 bits per heavy atom. The topological polar surface area (TPSA) is 32.7 Å². The van der Waals surface area contributed by atoms with Crippen LogP contribution in [0.25, 0.3) is 0 Å². The van der Waals surface area contributed by atoms with E-state index in [1.165, 1.54) is 5.69 Å². The maximum Gasteiger partial charge on any atom is 0.119 e. The lowest BCUT2D eigenvalue weighted by molar-refractivity contribution is 0.238. The van der Waals surface area contributed by atoms with Crippen molar-refractivity contribution in [1.82, 2.24) is 0 Å². The Balaban J connectivity index is 2.04. The van der Waals surface area contributed by atoms with E-state index < -0.39 is 0 Å². The smallest absolute Gasteiger partial charge is 0.119 e. The molecule has 82 valence electrons. The Morgan fingerprint density at radius 3 is 2.67 bits per heavy atom. The van der Waals surface area contributed by atoms with Gasteiger partial charge in [0.1, 0.15) is 5.75 Å². The predicted octanol–water partition coefficient (Wildman–Crippen LogP) is 1.51. The Morgan fingerprint density at radius 2 is 2.13 bits per heavy atom. The fraction of sp³-hybridized carbons (Fsp3) is 0.500. The molecule has 1 aliphatic rings. The largest absolute Gasteiger partial charge is 0.497 e. The second-order valence-electron chi connectivity index (χ2n) is 3.98. The standard InChI is InChI=1S/C12H17NO2/c1-15-12-4-2-11(3-5-12)13-7-6-10(8-13)9-14/h2-5,10,14H,6-9H2,1H3/t10-/m1/s1. The molecule has 1 aliphatic heterocycles. The number of hydrogen-bond donors (Lipinski definition) is 1. The highest BCUT2D eigenvalue weighted by atomic mass is 16.5. The molecule has 3 heteroatoms. The molecule has 0 unspecified atom stereocenters. The number of ether oxygens (including phenoxy) is 1. The Kier molecular flexibility index (Phi) is 3.11. The van der Waals surface area contributed by atoms with E-state index in [0.717, 1.165) is 25.3 Å². The molecule has 1 aromatic rings. The lowest BCUT2D eigenvalue weighted by Crippen LogP contribution is -2.20. The van der Waals surface area contributed by atoms with Crippen LogP contribution in [-0.2, 0) is 0 Å². The van der Waals surface area contributed by atoms with Crippen LogP contribution in [-0.4, -0.2) is 31.9 Å². The lowest BCUT2D eigenvalue weighted by Gasteiger charge is -2.18. The van der Waals surface area contributed by atoms with Gasteiger partial charge in [0.15, 0.2) is 0 Å². The molecule has 0 aromatic heterocycles. The molecule has 0 saturated carbocycles. The number of rotatable bonds is 3. The first-order chi connectivity index (χ1) is 7.33. The molecule has 0 amide bonds. The van der Waals surface area contributed by atoms with Gasteiger partial charge in [-0.25, -0.2) is 0 Å². The highest BCUT2D eigenvalue weighted by Crippen LogP contribution is 2.25. The zero-order valence-corrected chi connectivity index (χ0v) is 9.02. The van der Waals surface area contributed by atoms with Crippen molar-refractivity contribution < 1.29 is 9.84 Å². The van der Waals surface area contributed by atoms with Gasteiger partial charge in [0.05, 0.1) is 7.11 Å². The van der Waals surface area contributed by atoms with Crippen molar-refractivity contribution in [3.05, 3.63) is 24.3 Å². The Hall–Kier alpha value is -1.22. The maximum absolute atomic E-state index is 9.07. The molecule has 1 saturated heterocycles. The van der Waals surface area contributed by atoms with E-state index in [-0.39, 0.29) is 0 Å². The quantitative estimate of drug-likeness (QED) is 0.815. The van der Waals surface area contributed by atoms with E-state index in [4.69, 9.17) is 9.84 Å². The normalized spacial score (nSPS) is 20.7. The van der Waals surface area contributed by atoms with Crippen LogP contribution in [0.4, 0.5) is 5.69 Å². The number of benzene rings is 1. The summed E-state index contributed by atoms with van der Waals surface area (Å²) in [5.41, 5.74) is 1.21. The molecule has 0 spiro atoms. The summed E-state index contributed by atoms with van der Waals surface area (Å²) in [6.07, 6.45) is 1.09. The summed E-state index contributed by atoms with van der Waals surface area (Å²) in [7, 11) is 1.67. The van der Waals surface area contributed by atoms with Crippen LogP contribution < -0.4 is 9.64 Å². The SMILES string of the molecule is COc1ccc(N2CC[C@@H](CO)C2)cc1. The van der Waals surface area contributed by atoms with E-state index in [1.807, 2.05) is 12.1 Å². The molecule has 1 aromatic carbocycles. The second-order valence-corrected chi connectivity index (χ2v) is 3.98. The van der Waals surface area contributed by atoms with Crippen LogP contribution in [0.1, 0.15) is 6.42 Å². The minimum atomic E-state index is 0.298. The molecule has 2 rings (SSSR count). The van der Waals surface area contributed by atoms with Gasteiger partial charge in [-0.15, -0.1) is 0 Å². The maximum atomic E-state index is 9.07. The first-order valence-electron chi connectivity index (χ1n) is 5.33. The molecule has 3 nitrogen and oxygen atoms in total. The van der Waals surface area contributed by atoms with Crippen LogP contribution in [0, 0.1) is 5.92 Å². The molecule has 15 heavy (non-hydrogen) atoms. The van der Waals surface area contributed by atoms with Crippen LogP contribution in [0.15, 0.2) is 24.3 Å². The van der Waals surface area contributed by atoms with Gasteiger partial charge in [0, 0.05) is 31.3 Å². The molecule has 0 radical (unpaired) electrons. The molecular weight excluding hydrogens is 190 g/mol. The molecule has 1 N–H and O–H groups in total.